The van der Waals surface area contributed by atoms with E-state index in [0.29, 0.717) is 16.3 Å². The van der Waals surface area contributed by atoms with Crippen LogP contribution in [0, 0.1) is 0 Å². The highest BCUT2D eigenvalue weighted by atomic mass is 32.2. The van der Waals surface area contributed by atoms with Crippen molar-refractivity contribution in [1.82, 2.24) is 0 Å². The summed E-state index contributed by atoms with van der Waals surface area (Å²) in [6.07, 6.45) is 5.72. The maximum absolute atomic E-state index is 12.3. The van der Waals surface area contributed by atoms with E-state index in [4.69, 9.17) is 5.73 Å². The van der Waals surface area contributed by atoms with Gasteiger partial charge >= 0.3 is 0 Å². The number of fused-ring (bicyclic) bond motifs is 1. The summed E-state index contributed by atoms with van der Waals surface area (Å²) in [5.74, 6) is 0.233. The van der Waals surface area contributed by atoms with Crippen molar-refractivity contribution in [1.29, 1.82) is 0 Å². The number of thiophene rings is 1. The van der Waals surface area contributed by atoms with Gasteiger partial charge in [-0.15, -0.1) is 11.3 Å². The van der Waals surface area contributed by atoms with Crippen molar-refractivity contribution in [2.75, 3.05) is 11.5 Å². The highest BCUT2D eigenvalue weighted by Gasteiger charge is 2.27. The summed E-state index contributed by atoms with van der Waals surface area (Å²) in [6, 6.07) is 0. The molecule has 0 saturated carbocycles. The van der Waals surface area contributed by atoms with Crippen LogP contribution in [-0.4, -0.2) is 14.2 Å². The molecule has 5 heteroatoms. The van der Waals surface area contributed by atoms with E-state index in [1.54, 1.807) is 0 Å². The van der Waals surface area contributed by atoms with E-state index in [1.807, 2.05) is 6.92 Å². The minimum atomic E-state index is -3.17. The molecule has 0 bridgehead atoms. The summed E-state index contributed by atoms with van der Waals surface area (Å²) in [5, 5.41) is 0.507. The summed E-state index contributed by atoms with van der Waals surface area (Å²) in [4.78, 5) is 1.66. The van der Waals surface area contributed by atoms with Crippen LogP contribution in [0.3, 0.4) is 0 Å². The van der Waals surface area contributed by atoms with Gasteiger partial charge in [-0.05, 0) is 37.7 Å². The maximum atomic E-state index is 12.3. The smallest absolute Gasteiger partial charge is 0.181 e. The van der Waals surface area contributed by atoms with Gasteiger partial charge in [0, 0.05) is 4.88 Å². The van der Waals surface area contributed by atoms with Crippen LogP contribution in [0.4, 0.5) is 5.00 Å². The Hall–Kier alpha value is -0.550. The van der Waals surface area contributed by atoms with Crippen molar-refractivity contribution in [3.63, 3.8) is 0 Å². The minimum Gasteiger partial charge on any atom is -0.389 e. The third-order valence-electron chi connectivity index (χ3n) is 3.23. The molecule has 0 unspecified atom stereocenters. The quantitative estimate of drug-likeness (QED) is 0.917. The molecule has 1 aliphatic carbocycles. The van der Waals surface area contributed by atoms with Crippen LogP contribution in [0.15, 0.2) is 4.90 Å². The molecular formula is C12H19NO2S2. The second-order valence-electron chi connectivity index (χ2n) is 4.58. The lowest BCUT2D eigenvalue weighted by Gasteiger charge is -2.12. The Bertz CT molecular complexity index is 503. The molecule has 0 saturated heterocycles. The zero-order chi connectivity index (χ0) is 12.5. The van der Waals surface area contributed by atoms with Crippen LogP contribution in [0.1, 0.15) is 43.0 Å². The Morgan fingerprint density at radius 2 is 2.00 bits per heavy atom. The molecular weight excluding hydrogens is 254 g/mol. The Morgan fingerprint density at radius 1 is 1.29 bits per heavy atom. The zero-order valence-electron chi connectivity index (χ0n) is 10.2. The van der Waals surface area contributed by atoms with Gasteiger partial charge in [-0.2, -0.15) is 0 Å². The lowest BCUT2D eigenvalue weighted by atomic mass is 9.99. The van der Waals surface area contributed by atoms with Crippen molar-refractivity contribution < 1.29 is 8.42 Å². The molecule has 0 fully saturated rings. The van der Waals surface area contributed by atoms with Crippen molar-refractivity contribution in [3.8, 4) is 0 Å². The van der Waals surface area contributed by atoms with E-state index in [0.717, 1.165) is 37.7 Å². The predicted molar refractivity (Wildman–Crippen MR) is 72.3 cm³/mol. The molecule has 0 spiro atoms. The van der Waals surface area contributed by atoms with E-state index in [1.165, 1.54) is 16.2 Å². The number of sulfone groups is 1. The van der Waals surface area contributed by atoms with Crippen molar-refractivity contribution in [2.45, 2.75) is 50.3 Å². The standard InChI is InChI=1S/C12H19NO2S2/c1-2-3-8-17(14,15)11-9-6-4-5-7-10(9)16-12(11)13/h2-8,13H2,1H3. The first-order valence-electron chi connectivity index (χ1n) is 6.19. The number of hydrogen-bond donors (Lipinski definition) is 1. The first kappa shape index (κ1) is 12.9. The molecule has 1 heterocycles. The molecule has 0 amide bonds. The van der Waals surface area contributed by atoms with Crippen LogP contribution in [-0.2, 0) is 22.7 Å². The second kappa shape index (κ2) is 4.98. The zero-order valence-corrected chi connectivity index (χ0v) is 11.8. The van der Waals surface area contributed by atoms with E-state index >= 15 is 0 Å². The van der Waals surface area contributed by atoms with Gasteiger partial charge in [-0.3, -0.25) is 0 Å². The molecule has 0 atom stereocenters. The molecule has 0 radical (unpaired) electrons. The molecule has 0 aliphatic heterocycles. The van der Waals surface area contributed by atoms with Gasteiger partial charge in [0.05, 0.1) is 5.75 Å². The number of hydrogen-bond acceptors (Lipinski definition) is 4. The Balaban J connectivity index is 2.41. The number of nitrogen functional groups attached to an aromatic ring is 1. The van der Waals surface area contributed by atoms with E-state index in [-0.39, 0.29) is 5.75 Å². The SMILES string of the molecule is CCCCS(=O)(=O)c1c(N)sc2c1CCCC2. The number of anilines is 1. The van der Waals surface area contributed by atoms with E-state index in [2.05, 4.69) is 0 Å². The van der Waals surface area contributed by atoms with E-state index < -0.39 is 9.84 Å². The van der Waals surface area contributed by atoms with Crippen molar-refractivity contribution >= 4 is 26.2 Å². The fourth-order valence-corrected chi connectivity index (χ4v) is 5.74. The summed E-state index contributed by atoms with van der Waals surface area (Å²) < 4.78 is 24.5. The lowest BCUT2D eigenvalue weighted by Crippen LogP contribution is -2.11. The molecule has 3 nitrogen and oxygen atoms in total. The average Bonchev–Trinajstić information content (AvgIpc) is 2.63. The fourth-order valence-electron chi connectivity index (χ4n) is 2.34. The largest absolute Gasteiger partial charge is 0.389 e. The summed E-state index contributed by atoms with van der Waals surface area (Å²) in [5.41, 5.74) is 6.94. The number of unbranched alkanes of at least 4 members (excludes halogenated alkanes) is 1. The Kier molecular flexibility index (Phi) is 3.78. The summed E-state index contributed by atoms with van der Waals surface area (Å²) in [6.45, 7) is 2.00. The predicted octanol–water partition coefficient (Wildman–Crippen LogP) is 2.78. The number of aryl methyl sites for hydroxylation is 1. The molecule has 17 heavy (non-hydrogen) atoms. The third-order valence-corrected chi connectivity index (χ3v) is 6.39. The molecule has 1 aliphatic rings. The maximum Gasteiger partial charge on any atom is 0.181 e. The van der Waals surface area contributed by atoms with Crippen LogP contribution < -0.4 is 5.73 Å². The van der Waals surface area contributed by atoms with Gasteiger partial charge in [-0.1, -0.05) is 13.3 Å². The van der Waals surface area contributed by atoms with Crippen molar-refractivity contribution in [3.05, 3.63) is 10.4 Å². The average molecular weight is 273 g/mol. The molecule has 0 aromatic carbocycles. The highest BCUT2D eigenvalue weighted by Crippen LogP contribution is 2.39. The van der Waals surface area contributed by atoms with Gasteiger partial charge in [0.25, 0.3) is 0 Å². The van der Waals surface area contributed by atoms with Crippen LogP contribution in [0.25, 0.3) is 0 Å². The fraction of sp³-hybridized carbons (Fsp3) is 0.667. The van der Waals surface area contributed by atoms with Crippen LogP contribution in [0.5, 0.6) is 0 Å². The monoisotopic (exact) mass is 273 g/mol. The third kappa shape index (κ3) is 2.50. The van der Waals surface area contributed by atoms with Gasteiger partial charge < -0.3 is 5.73 Å². The number of nitrogens with two attached hydrogens (primary N) is 1. The molecule has 2 rings (SSSR count). The highest BCUT2D eigenvalue weighted by molar-refractivity contribution is 7.91. The molecule has 2 N–H and O–H groups in total. The topological polar surface area (TPSA) is 60.2 Å². The van der Waals surface area contributed by atoms with Gasteiger partial charge in [-0.25, -0.2) is 8.42 Å². The van der Waals surface area contributed by atoms with Crippen LogP contribution in [0.2, 0.25) is 0 Å². The van der Waals surface area contributed by atoms with E-state index in [9.17, 15) is 8.42 Å². The van der Waals surface area contributed by atoms with Crippen LogP contribution >= 0.6 is 11.3 Å². The lowest BCUT2D eigenvalue weighted by molar-refractivity contribution is 0.590. The van der Waals surface area contributed by atoms with Crippen molar-refractivity contribution in [2.24, 2.45) is 0 Å². The minimum absolute atomic E-state index is 0.233. The van der Waals surface area contributed by atoms with Gasteiger partial charge in [0.2, 0.25) is 0 Å². The first-order chi connectivity index (χ1) is 8.06. The summed E-state index contributed by atoms with van der Waals surface area (Å²) >= 11 is 1.48. The second-order valence-corrected chi connectivity index (χ2v) is 7.76. The van der Waals surface area contributed by atoms with Gasteiger partial charge in [0.1, 0.15) is 9.90 Å². The Labute approximate surface area is 107 Å². The first-order valence-corrected chi connectivity index (χ1v) is 8.66. The molecule has 96 valence electrons. The normalized spacial score (nSPS) is 15.8. The summed E-state index contributed by atoms with van der Waals surface area (Å²) in [7, 11) is -3.17. The van der Waals surface area contributed by atoms with Gasteiger partial charge in [0.15, 0.2) is 9.84 Å². The molecule has 1 aromatic heterocycles. The Morgan fingerprint density at radius 3 is 2.71 bits per heavy atom. The number of rotatable bonds is 4. The molecule has 1 aromatic rings.